The van der Waals surface area contributed by atoms with E-state index in [-0.39, 0.29) is 5.56 Å². The lowest BCUT2D eigenvalue weighted by Gasteiger charge is -2.07. The van der Waals surface area contributed by atoms with Crippen molar-refractivity contribution in [3.05, 3.63) is 57.8 Å². The van der Waals surface area contributed by atoms with Gasteiger partial charge in [-0.2, -0.15) is 0 Å². The third-order valence-corrected chi connectivity index (χ3v) is 3.50. The van der Waals surface area contributed by atoms with Crippen molar-refractivity contribution in [1.29, 1.82) is 0 Å². The Labute approximate surface area is 110 Å². The van der Waals surface area contributed by atoms with Gasteiger partial charge in [-0.3, -0.25) is 9.36 Å². The number of rotatable bonds is 1. The maximum Gasteiger partial charge on any atom is 0.260 e. The molecular weight excluding hydrogens is 238 g/mol. The molecule has 1 N–H and O–H groups in total. The fourth-order valence-corrected chi connectivity index (χ4v) is 2.47. The third-order valence-electron chi connectivity index (χ3n) is 3.50. The van der Waals surface area contributed by atoms with E-state index in [2.05, 4.69) is 9.97 Å². The van der Waals surface area contributed by atoms with E-state index in [1.54, 1.807) is 6.92 Å². The van der Waals surface area contributed by atoms with Crippen molar-refractivity contribution < 1.29 is 0 Å². The quantitative estimate of drug-likeness (QED) is 0.724. The van der Waals surface area contributed by atoms with Crippen LogP contribution in [0, 0.1) is 20.8 Å². The number of aromatic amines is 1. The molecule has 2 heterocycles. The molecule has 2 aromatic heterocycles. The lowest BCUT2D eigenvalue weighted by atomic mass is 10.2. The van der Waals surface area contributed by atoms with Crippen LogP contribution in [-0.4, -0.2) is 14.5 Å². The maximum absolute atomic E-state index is 12.1. The van der Waals surface area contributed by atoms with Crippen molar-refractivity contribution in [2.45, 2.75) is 20.8 Å². The van der Waals surface area contributed by atoms with Crippen molar-refractivity contribution >= 4 is 11.0 Å². The van der Waals surface area contributed by atoms with Gasteiger partial charge in [0.25, 0.3) is 5.56 Å². The molecule has 0 unspecified atom stereocenters. The summed E-state index contributed by atoms with van der Waals surface area (Å²) in [5.74, 6) is 0.632. The molecule has 0 bridgehead atoms. The number of para-hydroxylation sites is 1. The van der Waals surface area contributed by atoms with E-state index in [9.17, 15) is 4.79 Å². The van der Waals surface area contributed by atoms with Crippen LogP contribution >= 0.6 is 0 Å². The standard InChI is InChI=1S/C15H15N3O/c1-9-10(2)18(12-7-5-4-6-8-12)14-13(9)15(19)17-11(3)16-14/h4-8H,1-3H3,(H,16,17,19). The van der Waals surface area contributed by atoms with Gasteiger partial charge in [0.05, 0.1) is 5.39 Å². The van der Waals surface area contributed by atoms with Gasteiger partial charge in [0.15, 0.2) is 5.65 Å². The summed E-state index contributed by atoms with van der Waals surface area (Å²) in [6.07, 6.45) is 0. The highest BCUT2D eigenvalue weighted by Crippen LogP contribution is 2.24. The van der Waals surface area contributed by atoms with Gasteiger partial charge < -0.3 is 4.98 Å². The van der Waals surface area contributed by atoms with Gasteiger partial charge in [-0.1, -0.05) is 18.2 Å². The van der Waals surface area contributed by atoms with Crippen LogP contribution in [0.3, 0.4) is 0 Å². The highest BCUT2D eigenvalue weighted by atomic mass is 16.1. The summed E-state index contributed by atoms with van der Waals surface area (Å²) in [6, 6.07) is 9.98. The van der Waals surface area contributed by atoms with E-state index < -0.39 is 0 Å². The molecule has 4 heteroatoms. The van der Waals surface area contributed by atoms with Gasteiger partial charge in [0.1, 0.15) is 5.82 Å². The lowest BCUT2D eigenvalue weighted by molar-refractivity contribution is 0.986. The Morgan fingerprint density at radius 2 is 1.79 bits per heavy atom. The van der Waals surface area contributed by atoms with Crippen LogP contribution in [-0.2, 0) is 0 Å². The van der Waals surface area contributed by atoms with Gasteiger partial charge in [0.2, 0.25) is 0 Å². The summed E-state index contributed by atoms with van der Waals surface area (Å²) < 4.78 is 2.03. The summed E-state index contributed by atoms with van der Waals surface area (Å²) in [4.78, 5) is 19.4. The predicted molar refractivity (Wildman–Crippen MR) is 75.9 cm³/mol. The molecule has 3 rings (SSSR count). The van der Waals surface area contributed by atoms with Gasteiger partial charge >= 0.3 is 0 Å². The van der Waals surface area contributed by atoms with Crippen LogP contribution in [0.4, 0.5) is 0 Å². The number of benzene rings is 1. The highest BCUT2D eigenvalue weighted by Gasteiger charge is 2.16. The van der Waals surface area contributed by atoms with E-state index in [1.807, 2.05) is 48.7 Å². The predicted octanol–water partition coefficient (Wildman–Crippen LogP) is 2.64. The second-order valence-electron chi connectivity index (χ2n) is 4.73. The van der Waals surface area contributed by atoms with Crippen LogP contribution in [0.1, 0.15) is 17.1 Å². The topological polar surface area (TPSA) is 50.7 Å². The van der Waals surface area contributed by atoms with Crippen LogP contribution in [0.15, 0.2) is 35.1 Å². The van der Waals surface area contributed by atoms with E-state index in [0.29, 0.717) is 11.2 Å². The number of aromatic nitrogens is 3. The zero-order valence-corrected chi connectivity index (χ0v) is 11.2. The van der Waals surface area contributed by atoms with Crippen LogP contribution < -0.4 is 5.56 Å². The Hall–Kier alpha value is -2.36. The molecule has 0 amide bonds. The van der Waals surface area contributed by atoms with Crippen molar-refractivity contribution in [3.63, 3.8) is 0 Å². The van der Waals surface area contributed by atoms with E-state index in [0.717, 1.165) is 22.6 Å². The molecule has 1 aromatic carbocycles. The summed E-state index contributed by atoms with van der Waals surface area (Å²) in [6.45, 7) is 5.77. The Morgan fingerprint density at radius 1 is 1.11 bits per heavy atom. The first-order chi connectivity index (χ1) is 9.09. The molecule has 0 aliphatic rings. The molecule has 0 atom stereocenters. The van der Waals surface area contributed by atoms with Gasteiger partial charge in [-0.05, 0) is 38.5 Å². The van der Waals surface area contributed by atoms with Crippen molar-refractivity contribution in [2.24, 2.45) is 0 Å². The van der Waals surface area contributed by atoms with Gasteiger partial charge in [-0.15, -0.1) is 0 Å². The SMILES string of the molecule is Cc1nc2c(c(C)c(C)n2-c2ccccc2)c(=O)[nH]1. The summed E-state index contributed by atoms with van der Waals surface area (Å²) in [5, 5.41) is 0.673. The first kappa shape index (κ1) is 11.7. The van der Waals surface area contributed by atoms with Crippen molar-refractivity contribution in [1.82, 2.24) is 14.5 Å². The minimum absolute atomic E-state index is 0.0715. The number of fused-ring (bicyclic) bond motifs is 1. The first-order valence-corrected chi connectivity index (χ1v) is 6.23. The number of H-pyrrole nitrogens is 1. The minimum atomic E-state index is -0.0715. The van der Waals surface area contributed by atoms with Gasteiger partial charge in [0, 0.05) is 11.4 Å². The molecule has 0 aliphatic carbocycles. The molecule has 19 heavy (non-hydrogen) atoms. The number of aryl methyl sites for hydroxylation is 2. The normalized spacial score (nSPS) is 11.1. The summed E-state index contributed by atoms with van der Waals surface area (Å²) in [7, 11) is 0. The zero-order chi connectivity index (χ0) is 13.6. The molecule has 0 spiro atoms. The van der Waals surface area contributed by atoms with Crippen molar-refractivity contribution in [3.8, 4) is 5.69 Å². The summed E-state index contributed by atoms with van der Waals surface area (Å²) in [5.41, 5.74) is 3.70. The fraction of sp³-hybridized carbons (Fsp3) is 0.200. The second kappa shape index (κ2) is 4.09. The summed E-state index contributed by atoms with van der Waals surface area (Å²) >= 11 is 0. The number of nitrogens with one attached hydrogen (secondary N) is 1. The van der Waals surface area contributed by atoms with Crippen LogP contribution in [0.5, 0.6) is 0 Å². The average Bonchev–Trinajstić information content (AvgIpc) is 2.63. The largest absolute Gasteiger partial charge is 0.310 e. The molecule has 96 valence electrons. The Bertz CT molecular complexity index is 813. The number of hydrogen-bond donors (Lipinski definition) is 1. The monoisotopic (exact) mass is 253 g/mol. The Kier molecular flexibility index (Phi) is 2.52. The zero-order valence-electron chi connectivity index (χ0n) is 11.2. The lowest BCUT2D eigenvalue weighted by Crippen LogP contribution is -2.10. The van der Waals surface area contributed by atoms with Crippen LogP contribution in [0.2, 0.25) is 0 Å². The molecule has 0 saturated carbocycles. The minimum Gasteiger partial charge on any atom is -0.310 e. The smallest absolute Gasteiger partial charge is 0.260 e. The Balaban J connectivity index is 2.50. The fourth-order valence-electron chi connectivity index (χ4n) is 2.47. The first-order valence-electron chi connectivity index (χ1n) is 6.23. The van der Waals surface area contributed by atoms with Gasteiger partial charge in [-0.25, -0.2) is 4.98 Å². The number of nitrogens with zero attached hydrogens (tertiary/aromatic N) is 2. The maximum atomic E-state index is 12.1. The molecule has 4 nitrogen and oxygen atoms in total. The highest BCUT2D eigenvalue weighted by molar-refractivity contribution is 5.82. The van der Waals surface area contributed by atoms with Crippen LogP contribution in [0.25, 0.3) is 16.7 Å². The van der Waals surface area contributed by atoms with E-state index in [1.165, 1.54) is 0 Å². The average molecular weight is 253 g/mol. The number of hydrogen-bond acceptors (Lipinski definition) is 2. The van der Waals surface area contributed by atoms with Crippen molar-refractivity contribution in [2.75, 3.05) is 0 Å². The Morgan fingerprint density at radius 3 is 2.47 bits per heavy atom. The second-order valence-corrected chi connectivity index (χ2v) is 4.73. The molecule has 0 aliphatic heterocycles. The van der Waals surface area contributed by atoms with E-state index in [4.69, 9.17) is 0 Å². The molecular formula is C15H15N3O. The molecule has 0 radical (unpaired) electrons. The molecule has 0 saturated heterocycles. The molecule has 3 aromatic rings. The molecule has 0 fully saturated rings. The third kappa shape index (κ3) is 1.68. The van der Waals surface area contributed by atoms with E-state index >= 15 is 0 Å².